The molecule has 8 nitrogen and oxygen atoms in total. The molecule has 1 aromatic heterocycles. The summed E-state index contributed by atoms with van der Waals surface area (Å²) in [5, 5.41) is 11.2. The molecule has 0 saturated carbocycles. The maximum absolute atomic E-state index is 12.8. The number of nitro groups is 1. The van der Waals surface area contributed by atoms with Gasteiger partial charge in [-0.05, 0) is 57.2 Å². The number of hydrogen-bond donors (Lipinski definition) is 1. The van der Waals surface area contributed by atoms with E-state index in [2.05, 4.69) is 4.98 Å². The summed E-state index contributed by atoms with van der Waals surface area (Å²) >= 11 is 0. The van der Waals surface area contributed by atoms with E-state index in [1.807, 2.05) is 37.8 Å². The van der Waals surface area contributed by atoms with Gasteiger partial charge in [0.05, 0.1) is 4.92 Å². The third-order valence-electron chi connectivity index (χ3n) is 5.90. The number of aromatic nitrogens is 1. The molecule has 2 aliphatic heterocycles. The third-order valence-corrected chi connectivity index (χ3v) is 5.90. The second-order valence-corrected chi connectivity index (χ2v) is 9.00. The first kappa shape index (κ1) is 20.1. The Morgan fingerprint density at radius 1 is 1.30 bits per heavy atom. The molecule has 2 bridgehead atoms. The fourth-order valence-corrected chi connectivity index (χ4v) is 4.81. The third kappa shape index (κ3) is 3.58. The van der Waals surface area contributed by atoms with Gasteiger partial charge in [-0.1, -0.05) is 12.1 Å². The number of fused-ring (bicyclic) bond motifs is 2. The van der Waals surface area contributed by atoms with Crippen molar-refractivity contribution in [3.8, 4) is 11.1 Å². The van der Waals surface area contributed by atoms with Crippen LogP contribution in [0, 0.1) is 10.1 Å². The van der Waals surface area contributed by atoms with Crippen molar-refractivity contribution in [2.75, 3.05) is 5.73 Å². The second kappa shape index (κ2) is 7.27. The molecule has 8 heteroatoms. The Hall–Kier alpha value is -3.16. The van der Waals surface area contributed by atoms with Crippen LogP contribution >= 0.6 is 0 Å². The summed E-state index contributed by atoms with van der Waals surface area (Å²) in [5.41, 5.74) is 8.04. The lowest BCUT2D eigenvalue weighted by molar-refractivity contribution is -0.384. The topological polar surface area (TPSA) is 112 Å². The molecule has 2 aromatic rings. The van der Waals surface area contributed by atoms with E-state index in [0.717, 1.165) is 24.8 Å². The van der Waals surface area contributed by atoms with Crippen LogP contribution < -0.4 is 5.73 Å². The van der Waals surface area contributed by atoms with E-state index in [-0.39, 0.29) is 29.8 Å². The largest absolute Gasteiger partial charge is 0.444 e. The SMILES string of the molecule is CC(C)(C)OC(=O)N1C2CCC1C(c1ccnc(N)c1-c1cccc([N+](=O)[O-])c1)C2. The molecular formula is C22H26N4O4. The van der Waals surface area contributed by atoms with Gasteiger partial charge in [-0.15, -0.1) is 0 Å². The number of hydrogen-bond acceptors (Lipinski definition) is 6. The molecule has 1 aromatic carbocycles. The van der Waals surface area contributed by atoms with Crippen molar-refractivity contribution in [3.05, 3.63) is 52.2 Å². The Morgan fingerprint density at radius 3 is 2.77 bits per heavy atom. The molecule has 30 heavy (non-hydrogen) atoms. The van der Waals surface area contributed by atoms with Gasteiger partial charge in [0.2, 0.25) is 0 Å². The monoisotopic (exact) mass is 410 g/mol. The van der Waals surface area contributed by atoms with Crippen LogP contribution in [0.5, 0.6) is 0 Å². The average Bonchev–Trinajstić information content (AvgIpc) is 3.25. The van der Waals surface area contributed by atoms with Crippen LogP contribution in [-0.4, -0.2) is 38.6 Å². The van der Waals surface area contributed by atoms with Crippen molar-refractivity contribution in [1.29, 1.82) is 0 Å². The van der Waals surface area contributed by atoms with Gasteiger partial charge in [0, 0.05) is 41.9 Å². The van der Waals surface area contributed by atoms with Crippen molar-refractivity contribution in [3.63, 3.8) is 0 Å². The number of non-ortho nitro benzene ring substituents is 1. The van der Waals surface area contributed by atoms with Crippen molar-refractivity contribution >= 4 is 17.6 Å². The van der Waals surface area contributed by atoms with Gasteiger partial charge in [0.1, 0.15) is 11.4 Å². The van der Waals surface area contributed by atoms with Gasteiger partial charge in [-0.3, -0.25) is 10.1 Å². The van der Waals surface area contributed by atoms with Gasteiger partial charge in [0.25, 0.3) is 5.69 Å². The maximum atomic E-state index is 12.8. The molecule has 3 unspecified atom stereocenters. The summed E-state index contributed by atoms with van der Waals surface area (Å²) in [6.45, 7) is 5.60. The fourth-order valence-electron chi connectivity index (χ4n) is 4.81. The zero-order valence-corrected chi connectivity index (χ0v) is 17.4. The first-order chi connectivity index (χ1) is 14.2. The van der Waals surface area contributed by atoms with E-state index >= 15 is 0 Å². The Kier molecular flexibility index (Phi) is 4.88. The molecule has 0 aliphatic carbocycles. The molecule has 0 radical (unpaired) electrons. The maximum Gasteiger partial charge on any atom is 0.410 e. The van der Waals surface area contributed by atoms with Crippen LogP contribution in [0.3, 0.4) is 0 Å². The van der Waals surface area contributed by atoms with Crippen molar-refractivity contribution in [1.82, 2.24) is 9.88 Å². The summed E-state index contributed by atoms with van der Waals surface area (Å²) in [6.07, 6.45) is 4.04. The predicted octanol–water partition coefficient (Wildman–Crippen LogP) is 4.49. The lowest BCUT2D eigenvalue weighted by atomic mass is 9.81. The zero-order chi connectivity index (χ0) is 21.6. The van der Waals surface area contributed by atoms with Crippen LogP contribution in [0.4, 0.5) is 16.3 Å². The second-order valence-electron chi connectivity index (χ2n) is 9.00. The highest BCUT2D eigenvalue weighted by molar-refractivity contribution is 5.79. The highest BCUT2D eigenvalue weighted by Crippen LogP contribution is 2.50. The Balaban J connectivity index is 1.71. The quantitative estimate of drug-likeness (QED) is 0.589. The van der Waals surface area contributed by atoms with E-state index < -0.39 is 10.5 Å². The van der Waals surface area contributed by atoms with Crippen molar-refractivity contribution in [2.24, 2.45) is 0 Å². The normalized spacial score (nSPS) is 22.9. The number of nitrogen functional groups attached to an aromatic ring is 1. The van der Waals surface area contributed by atoms with Crippen LogP contribution in [0.15, 0.2) is 36.5 Å². The number of rotatable bonds is 3. The van der Waals surface area contributed by atoms with E-state index in [0.29, 0.717) is 16.9 Å². The summed E-state index contributed by atoms with van der Waals surface area (Å²) in [7, 11) is 0. The standard InChI is InChI=1S/C22H26N4O4/c1-22(2,3)30-21(27)25-14-7-8-18(25)17(12-14)16-9-10-24-20(23)19(16)13-5-4-6-15(11-13)26(28)29/h4-6,9-11,14,17-18H,7-8,12H2,1-3H3,(H2,23,24). The minimum absolute atomic E-state index is 0.00465. The highest BCUT2D eigenvalue weighted by atomic mass is 16.6. The summed E-state index contributed by atoms with van der Waals surface area (Å²) in [4.78, 5) is 29.8. The molecule has 3 heterocycles. The molecule has 158 valence electrons. The molecule has 3 atom stereocenters. The Bertz CT molecular complexity index is 1000. The number of nitrogens with two attached hydrogens (primary N) is 1. The highest BCUT2D eigenvalue weighted by Gasteiger charge is 2.50. The van der Waals surface area contributed by atoms with E-state index in [1.54, 1.807) is 12.3 Å². The minimum atomic E-state index is -0.552. The molecule has 2 N–H and O–H groups in total. The number of amides is 1. The van der Waals surface area contributed by atoms with Crippen molar-refractivity contribution < 1.29 is 14.5 Å². The number of carbonyl (C=O) groups is 1. The van der Waals surface area contributed by atoms with Gasteiger partial charge in [-0.25, -0.2) is 9.78 Å². The summed E-state index contributed by atoms with van der Waals surface area (Å²) < 4.78 is 5.64. The predicted molar refractivity (Wildman–Crippen MR) is 113 cm³/mol. The average molecular weight is 410 g/mol. The first-order valence-corrected chi connectivity index (χ1v) is 10.2. The number of nitro benzene ring substituents is 1. The minimum Gasteiger partial charge on any atom is -0.444 e. The van der Waals surface area contributed by atoms with Gasteiger partial charge >= 0.3 is 6.09 Å². The van der Waals surface area contributed by atoms with E-state index in [9.17, 15) is 14.9 Å². The van der Waals surface area contributed by atoms with Crippen molar-refractivity contribution in [2.45, 2.75) is 63.6 Å². The molecule has 4 rings (SSSR count). The van der Waals surface area contributed by atoms with E-state index in [4.69, 9.17) is 10.5 Å². The van der Waals surface area contributed by atoms with Gasteiger partial charge in [0.15, 0.2) is 0 Å². The number of benzene rings is 1. The number of pyridine rings is 1. The molecule has 2 fully saturated rings. The first-order valence-electron chi connectivity index (χ1n) is 10.2. The molecule has 0 spiro atoms. The number of nitrogens with zero attached hydrogens (tertiary/aromatic N) is 3. The van der Waals surface area contributed by atoms with Crippen LogP contribution in [-0.2, 0) is 4.74 Å². The number of carbonyl (C=O) groups excluding carboxylic acids is 1. The summed E-state index contributed by atoms with van der Waals surface area (Å²) in [5.74, 6) is 0.412. The molecule has 2 aliphatic rings. The van der Waals surface area contributed by atoms with Gasteiger partial charge < -0.3 is 15.4 Å². The van der Waals surface area contributed by atoms with Crippen LogP contribution in [0.1, 0.15) is 51.5 Å². The van der Waals surface area contributed by atoms with Gasteiger partial charge in [-0.2, -0.15) is 0 Å². The molecule has 2 saturated heterocycles. The smallest absolute Gasteiger partial charge is 0.410 e. The Labute approximate surface area is 175 Å². The number of anilines is 1. The molecule has 1 amide bonds. The lowest BCUT2D eigenvalue weighted by Crippen LogP contribution is -2.40. The van der Waals surface area contributed by atoms with E-state index in [1.165, 1.54) is 12.1 Å². The summed E-state index contributed by atoms with van der Waals surface area (Å²) in [6, 6.07) is 8.50. The Morgan fingerprint density at radius 2 is 2.07 bits per heavy atom. The van der Waals surface area contributed by atoms with Crippen LogP contribution in [0.25, 0.3) is 11.1 Å². The fraction of sp³-hybridized carbons (Fsp3) is 0.455. The lowest BCUT2D eigenvalue weighted by Gasteiger charge is -2.29. The van der Waals surface area contributed by atoms with Crippen LogP contribution in [0.2, 0.25) is 0 Å². The number of ether oxygens (including phenoxy) is 1. The zero-order valence-electron chi connectivity index (χ0n) is 17.4. The molecular weight excluding hydrogens is 384 g/mol.